The maximum Gasteiger partial charge on any atom is 0.416 e. The molecule has 0 saturated heterocycles. The van der Waals surface area contributed by atoms with Crippen molar-refractivity contribution in [3.8, 4) is 17.3 Å². The van der Waals surface area contributed by atoms with E-state index in [1.165, 1.54) is 30.3 Å². The fraction of sp³-hybridized carbons (Fsp3) is 0.182. The first-order chi connectivity index (χ1) is 15.1. The molecule has 0 radical (unpaired) electrons. The summed E-state index contributed by atoms with van der Waals surface area (Å²) in [6.45, 7) is 0. The number of rotatable bonds is 5. The number of aromatic nitrogens is 1. The summed E-state index contributed by atoms with van der Waals surface area (Å²) in [7, 11) is -4.18. The first kappa shape index (κ1) is 21.8. The lowest BCUT2D eigenvalue weighted by molar-refractivity contribution is -0.137. The Hall–Kier alpha value is -3.42. The van der Waals surface area contributed by atoms with Gasteiger partial charge < -0.3 is 5.73 Å². The number of pyridine rings is 1. The second-order valence-corrected chi connectivity index (χ2v) is 9.20. The quantitative estimate of drug-likeness (QED) is 0.594. The summed E-state index contributed by atoms with van der Waals surface area (Å²) >= 11 is 0. The number of anilines is 1. The van der Waals surface area contributed by atoms with Gasteiger partial charge in [-0.25, -0.2) is 8.42 Å². The highest BCUT2D eigenvalue weighted by molar-refractivity contribution is 7.92. The zero-order valence-electron chi connectivity index (χ0n) is 16.5. The molecule has 10 heteroatoms. The van der Waals surface area contributed by atoms with Crippen LogP contribution in [0.5, 0.6) is 0 Å². The Bertz CT molecular complexity index is 1300. The topological polar surface area (TPSA) is 109 Å². The van der Waals surface area contributed by atoms with Crippen LogP contribution in [0.3, 0.4) is 0 Å². The van der Waals surface area contributed by atoms with Crippen LogP contribution in [0.1, 0.15) is 29.0 Å². The summed E-state index contributed by atoms with van der Waals surface area (Å²) < 4.78 is 68.0. The van der Waals surface area contributed by atoms with Gasteiger partial charge in [-0.15, -0.1) is 0 Å². The van der Waals surface area contributed by atoms with Gasteiger partial charge in [0, 0.05) is 23.7 Å². The zero-order valence-corrected chi connectivity index (χ0v) is 17.3. The van der Waals surface area contributed by atoms with Gasteiger partial charge in [0.1, 0.15) is 0 Å². The van der Waals surface area contributed by atoms with Crippen LogP contribution in [0.15, 0.2) is 65.7 Å². The maximum absolute atomic E-state index is 13.5. The maximum atomic E-state index is 13.5. The molecule has 3 N–H and O–H groups in total. The minimum absolute atomic E-state index is 0.0689. The van der Waals surface area contributed by atoms with Crippen LogP contribution < -0.4 is 10.5 Å². The number of alkyl halides is 3. The van der Waals surface area contributed by atoms with E-state index in [0.717, 1.165) is 24.1 Å². The number of nitrogens with zero attached hydrogens (tertiary/aromatic N) is 2. The van der Waals surface area contributed by atoms with Crippen LogP contribution in [-0.4, -0.2) is 19.4 Å². The smallest absolute Gasteiger partial charge is 0.327 e. The van der Waals surface area contributed by atoms with Crippen molar-refractivity contribution in [3.05, 3.63) is 77.5 Å². The molecule has 0 aliphatic heterocycles. The summed E-state index contributed by atoms with van der Waals surface area (Å²) in [5.74, 6) is 0.202. The third-order valence-electron chi connectivity index (χ3n) is 5.16. The average molecular weight is 458 g/mol. The predicted octanol–water partition coefficient (Wildman–Crippen LogP) is 4.25. The molecule has 1 fully saturated rings. The standard InChI is InChI=1S/C22H17F3N4O2S/c23-22(24,25)16-7-15(21-6-3-14(12-28-21)19-10-20(19)27)8-17(9-16)29-32(30,31)18-4-1-13(11-26)2-5-18/h1-9,12,19-20,29H,10,27H2. The molecule has 1 aliphatic rings. The fourth-order valence-corrected chi connectivity index (χ4v) is 4.35. The fourth-order valence-electron chi connectivity index (χ4n) is 3.31. The van der Waals surface area contributed by atoms with Crippen molar-refractivity contribution in [2.75, 3.05) is 4.72 Å². The lowest BCUT2D eigenvalue weighted by Gasteiger charge is -2.14. The Balaban J connectivity index is 1.69. The van der Waals surface area contributed by atoms with Crippen molar-refractivity contribution >= 4 is 15.7 Å². The molecule has 4 rings (SSSR count). The van der Waals surface area contributed by atoms with E-state index in [-0.39, 0.29) is 39.4 Å². The molecule has 6 nitrogen and oxygen atoms in total. The van der Waals surface area contributed by atoms with Gasteiger partial charge in [0.15, 0.2) is 0 Å². The van der Waals surface area contributed by atoms with Crippen molar-refractivity contribution < 1.29 is 21.6 Å². The second-order valence-electron chi connectivity index (χ2n) is 7.52. The number of halogens is 3. The van der Waals surface area contributed by atoms with E-state index in [9.17, 15) is 21.6 Å². The molecule has 2 aromatic carbocycles. The average Bonchev–Trinajstić information content (AvgIpc) is 3.49. The minimum atomic E-state index is -4.69. The van der Waals surface area contributed by atoms with Crippen LogP contribution in [0.25, 0.3) is 11.3 Å². The van der Waals surface area contributed by atoms with Gasteiger partial charge in [0.05, 0.1) is 33.5 Å². The molecule has 0 amide bonds. The lowest BCUT2D eigenvalue weighted by atomic mass is 10.0. The Morgan fingerprint density at radius 2 is 1.78 bits per heavy atom. The lowest BCUT2D eigenvalue weighted by Crippen LogP contribution is -2.14. The van der Waals surface area contributed by atoms with Crippen LogP contribution in [0, 0.1) is 11.3 Å². The third kappa shape index (κ3) is 4.59. The van der Waals surface area contributed by atoms with Gasteiger partial charge in [-0.1, -0.05) is 6.07 Å². The van der Waals surface area contributed by atoms with Crippen molar-refractivity contribution in [2.24, 2.45) is 5.73 Å². The number of nitrogens with two attached hydrogens (primary N) is 1. The molecule has 2 unspecified atom stereocenters. The molecule has 0 bridgehead atoms. The molecule has 3 aromatic rings. The van der Waals surface area contributed by atoms with Crippen molar-refractivity contribution in [3.63, 3.8) is 0 Å². The van der Waals surface area contributed by atoms with Crippen LogP contribution in [-0.2, 0) is 16.2 Å². The molecular weight excluding hydrogens is 441 g/mol. The summed E-state index contributed by atoms with van der Waals surface area (Å²) in [6, 6.07) is 13.3. The van der Waals surface area contributed by atoms with E-state index >= 15 is 0 Å². The van der Waals surface area contributed by atoms with Gasteiger partial charge in [0.25, 0.3) is 10.0 Å². The monoisotopic (exact) mass is 458 g/mol. The molecule has 1 heterocycles. The minimum Gasteiger partial charge on any atom is -0.327 e. The second kappa shape index (κ2) is 7.93. The van der Waals surface area contributed by atoms with E-state index in [4.69, 9.17) is 11.0 Å². The molecular formula is C22H17F3N4O2S. The van der Waals surface area contributed by atoms with Crippen LogP contribution in [0.2, 0.25) is 0 Å². The van der Waals surface area contributed by atoms with Gasteiger partial charge in [-0.05, 0) is 60.5 Å². The van der Waals surface area contributed by atoms with Gasteiger partial charge >= 0.3 is 6.18 Å². The van der Waals surface area contributed by atoms with Gasteiger partial charge in [-0.2, -0.15) is 18.4 Å². The van der Waals surface area contributed by atoms with Crippen LogP contribution in [0.4, 0.5) is 18.9 Å². The number of nitriles is 1. The number of benzene rings is 2. The molecule has 1 saturated carbocycles. The van der Waals surface area contributed by atoms with E-state index in [1.807, 2.05) is 6.07 Å². The zero-order chi connectivity index (χ0) is 23.1. The molecule has 32 heavy (non-hydrogen) atoms. The van der Waals surface area contributed by atoms with E-state index in [2.05, 4.69) is 9.71 Å². The van der Waals surface area contributed by atoms with E-state index in [0.29, 0.717) is 0 Å². The van der Waals surface area contributed by atoms with E-state index < -0.39 is 21.8 Å². The normalized spacial score (nSPS) is 18.1. The number of hydrogen-bond acceptors (Lipinski definition) is 5. The van der Waals surface area contributed by atoms with Gasteiger partial charge in [0.2, 0.25) is 0 Å². The van der Waals surface area contributed by atoms with Crippen molar-refractivity contribution in [2.45, 2.75) is 29.5 Å². The van der Waals surface area contributed by atoms with Crippen molar-refractivity contribution in [1.29, 1.82) is 5.26 Å². The Kier molecular flexibility index (Phi) is 5.40. The van der Waals surface area contributed by atoms with Crippen LogP contribution >= 0.6 is 0 Å². The first-order valence-electron chi connectivity index (χ1n) is 9.54. The highest BCUT2D eigenvalue weighted by Crippen LogP contribution is 2.39. The van der Waals surface area contributed by atoms with E-state index in [1.54, 1.807) is 18.3 Å². The Morgan fingerprint density at radius 1 is 1.09 bits per heavy atom. The summed E-state index contributed by atoms with van der Waals surface area (Å²) in [5, 5.41) is 8.84. The Morgan fingerprint density at radius 3 is 2.31 bits per heavy atom. The van der Waals surface area contributed by atoms with Gasteiger partial charge in [-0.3, -0.25) is 9.71 Å². The number of nitrogens with one attached hydrogen (secondary N) is 1. The highest BCUT2D eigenvalue weighted by atomic mass is 32.2. The van der Waals surface area contributed by atoms with Crippen molar-refractivity contribution in [1.82, 2.24) is 4.98 Å². The molecule has 1 aliphatic carbocycles. The largest absolute Gasteiger partial charge is 0.416 e. The molecule has 2 atom stereocenters. The third-order valence-corrected chi connectivity index (χ3v) is 6.55. The molecule has 1 aromatic heterocycles. The SMILES string of the molecule is N#Cc1ccc(S(=O)(=O)Nc2cc(-c3ccc(C4CC4N)cn3)cc(C(F)(F)F)c2)cc1. The summed E-state index contributed by atoms with van der Waals surface area (Å²) in [5.41, 5.74) is 6.11. The molecule has 164 valence electrons. The first-order valence-corrected chi connectivity index (χ1v) is 11.0. The summed E-state index contributed by atoms with van der Waals surface area (Å²) in [4.78, 5) is 4.07. The number of hydrogen-bond donors (Lipinski definition) is 2. The highest BCUT2D eigenvalue weighted by Gasteiger charge is 2.35. The Labute approximate surface area is 182 Å². The predicted molar refractivity (Wildman–Crippen MR) is 112 cm³/mol. The summed E-state index contributed by atoms with van der Waals surface area (Å²) in [6.07, 6.45) is -2.27. The number of sulfonamides is 1. The molecule has 0 spiro atoms.